The first-order valence-electron chi connectivity index (χ1n) is 12.9. The van der Waals surface area contributed by atoms with Gasteiger partial charge in [-0.2, -0.15) is 13.2 Å². The first-order chi connectivity index (χ1) is 19.5. The van der Waals surface area contributed by atoms with E-state index in [-0.39, 0.29) is 5.91 Å². The second-order valence-electron chi connectivity index (χ2n) is 9.55. The molecule has 1 aliphatic heterocycles. The number of esters is 1. The molecule has 1 fully saturated rings. The van der Waals surface area contributed by atoms with Crippen molar-refractivity contribution in [3.8, 4) is 11.1 Å². The van der Waals surface area contributed by atoms with E-state index in [4.69, 9.17) is 14.6 Å². The smallest absolute Gasteiger partial charge is 0.475 e. The van der Waals surface area contributed by atoms with E-state index >= 15 is 0 Å². The first kappa shape index (κ1) is 31.3. The molecule has 1 saturated heterocycles. The van der Waals surface area contributed by atoms with E-state index in [2.05, 4.69) is 58.9 Å². The third-order valence-corrected chi connectivity index (χ3v) is 6.29. The lowest BCUT2D eigenvalue weighted by Gasteiger charge is -2.31. The molecule has 4 rings (SSSR count). The summed E-state index contributed by atoms with van der Waals surface area (Å²) in [5, 5.41) is 13.6. The van der Waals surface area contributed by atoms with Gasteiger partial charge in [-0.1, -0.05) is 42.5 Å². The van der Waals surface area contributed by atoms with Crippen molar-refractivity contribution in [1.82, 2.24) is 15.5 Å². The Bertz CT molecular complexity index is 1360. The van der Waals surface area contributed by atoms with Crippen LogP contribution >= 0.6 is 0 Å². The Kier molecular flexibility index (Phi) is 11.0. The number of halogens is 3. The number of carboxylic acid groups (broad SMARTS) is 1. The van der Waals surface area contributed by atoms with Gasteiger partial charge in [0.2, 0.25) is 0 Å². The summed E-state index contributed by atoms with van der Waals surface area (Å²) in [6.45, 7) is 6.71. The summed E-state index contributed by atoms with van der Waals surface area (Å²) in [4.78, 5) is 35.7. The van der Waals surface area contributed by atoms with E-state index < -0.39 is 18.1 Å². The van der Waals surface area contributed by atoms with Crippen molar-refractivity contribution in [2.24, 2.45) is 0 Å². The second kappa shape index (κ2) is 14.4. The Morgan fingerprint density at radius 1 is 0.976 bits per heavy atom. The second-order valence-corrected chi connectivity index (χ2v) is 9.55. The van der Waals surface area contributed by atoms with Gasteiger partial charge < -0.3 is 20.5 Å². The number of methoxy groups -OCH3 is 1. The molecule has 41 heavy (non-hydrogen) atoms. The predicted octanol–water partition coefficient (Wildman–Crippen LogP) is 4.50. The molecule has 1 atom stereocenters. The maximum Gasteiger partial charge on any atom is 0.490 e. The number of benzene rings is 3. The lowest BCUT2D eigenvalue weighted by atomic mass is 10.0. The molecular weight excluding hydrogens is 539 g/mol. The highest BCUT2D eigenvalue weighted by molar-refractivity contribution is 5.97. The summed E-state index contributed by atoms with van der Waals surface area (Å²) in [5.41, 5.74) is 5.38. The molecule has 0 saturated carbocycles. The van der Waals surface area contributed by atoms with Crippen LogP contribution in [0.5, 0.6) is 0 Å². The Morgan fingerprint density at radius 2 is 1.56 bits per heavy atom. The summed E-state index contributed by atoms with van der Waals surface area (Å²) < 4.78 is 36.5. The van der Waals surface area contributed by atoms with Gasteiger partial charge in [0.1, 0.15) is 0 Å². The molecule has 0 aliphatic carbocycles. The fourth-order valence-corrected chi connectivity index (χ4v) is 4.31. The average Bonchev–Trinajstić information content (AvgIpc) is 2.95. The van der Waals surface area contributed by atoms with Crippen molar-refractivity contribution >= 4 is 17.8 Å². The van der Waals surface area contributed by atoms with Crippen molar-refractivity contribution in [2.75, 3.05) is 26.7 Å². The molecule has 3 aromatic rings. The van der Waals surface area contributed by atoms with E-state index in [1.807, 2.05) is 12.1 Å². The van der Waals surface area contributed by atoms with Gasteiger partial charge >= 0.3 is 18.1 Å². The van der Waals surface area contributed by atoms with Crippen molar-refractivity contribution in [1.29, 1.82) is 0 Å². The molecule has 0 aromatic heterocycles. The zero-order chi connectivity index (χ0) is 30.0. The number of rotatable bonds is 7. The van der Waals surface area contributed by atoms with Gasteiger partial charge in [0.15, 0.2) is 0 Å². The van der Waals surface area contributed by atoms with Crippen molar-refractivity contribution in [3.05, 3.63) is 95.1 Å². The molecule has 0 radical (unpaired) electrons. The molecule has 3 aromatic carbocycles. The van der Waals surface area contributed by atoms with Gasteiger partial charge in [-0.05, 0) is 59.5 Å². The van der Waals surface area contributed by atoms with Crippen molar-refractivity contribution < 1.29 is 37.4 Å². The highest BCUT2D eigenvalue weighted by Gasteiger charge is 2.38. The topological polar surface area (TPSA) is 108 Å². The Balaban J connectivity index is 0.000000587. The summed E-state index contributed by atoms with van der Waals surface area (Å²) in [6, 6.07) is 23.9. The van der Waals surface area contributed by atoms with Crippen LogP contribution < -0.4 is 10.6 Å². The number of alkyl halides is 3. The third-order valence-electron chi connectivity index (χ3n) is 6.29. The van der Waals surface area contributed by atoms with Crippen LogP contribution in [0, 0.1) is 0 Å². The van der Waals surface area contributed by atoms with E-state index in [1.165, 1.54) is 18.2 Å². The zero-order valence-electron chi connectivity index (χ0n) is 22.7. The monoisotopic (exact) mass is 571 g/mol. The fraction of sp³-hybridized carbons (Fsp3) is 0.300. The number of nitrogens with one attached hydrogen (secondary N) is 2. The van der Waals surface area contributed by atoms with Gasteiger partial charge in [-0.15, -0.1) is 0 Å². The minimum atomic E-state index is -5.08. The van der Waals surface area contributed by atoms with Crippen LogP contribution in [-0.2, 0) is 22.6 Å². The quantitative estimate of drug-likeness (QED) is 0.359. The minimum absolute atomic E-state index is 0.233. The van der Waals surface area contributed by atoms with Gasteiger partial charge in [-0.3, -0.25) is 9.69 Å². The molecular formula is C30H32F3N3O5. The molecule has 1 unspecified atom stereocenters. The van der Waals surface area contributed by atoms with Gasteiger partial charge in [0, 0.05) is 44.3 Å². The number of aliphatic carboxylic acids is 1. The van der Waals surface area contributed by atoms with Gasteiger partial charge in [0.05, 0.1) is 12.7 Å². The zero-order valence-corrected chi connectivity index (χ0v) is 22.7. The minimum Gasteiger partial charge on any atom is -0.475 e. The molecule has 3 N–H and O–H groups in total. The van der Waals surface area contributed by atoms with Gasteiger partial charge in [0.25, 0.3) is 5.91 Å². The van der Waals surface area contributed by atoms with Crippen molar-refractivity contribution in [3.63, 3.8) is 0 Å². The van der Waals surface area contributed by atoms with Crippen molar-refractivity contribution in [2.45, 2.75) is 32.2 Å². The standard InChI is InChI=1S/C28H31N3O3.C2HF3O2/c1-20-18-31(13-12-29-20)19-22-7-4-9-24(15-22)23-8-3-6-21(14-23)17-30-27(32)25-10-5-11-26(16-25)28(33)34-2;3-2(4,5)1(6)7/h3-11,14-16,20,29H,12-13,17-19H2,1-2H3,(H,30,32);(H,6,7). The summed E-state index contributed by atoms with van der Waals surface area (Å²) in [6.07, 6.45) is -5.08. The van der Waals surface area contributed by atoms with E-state index in [1.54, 1.807) is 24.3 Å². The molecule has 8 nitrogen and oxygen atoms in total. The number of carbonyl (C=O) groups is 3. The highest BCUT2D eigenvalue weighted by atomic mass is 19.4. The van der Waals surface area contributed by atoms with E-state index in [0.29, 0.717) is 23.7 Å². The molecule has 1 aliphatic rings. The van der Waals surface area contributed by atoms with Crippen LogP contribution in [0.1, 0.15) is 38.8 Å². The lowest BCUT2D eigenvalue weighted by molar-refractivity contribution is -0.192. The number of amides is 1. The Morgan fingerprint density at radius 3 is 2.17 bits per heavy atom. The lowest BCUT2D eigenvalue weighted by Crippen LogP contribution is -2.48. The van der Waals surface area contributed by atoms with Crippen LogP contribution in [0.3, 0.4) is 0 Å². The number of ether oxygens (including phenoxy) is 1. The van der Waals surface area contributed by atoms with Crippen LogP contribution in [0.15, 0.2) is 72.8 Å². The Labute approximate surface area is 236 Å². The summed E-state index contributed by atoms with van der Waals surface area (Å²) in [7, 11) is 1.32. The number of carboxylic acids is 1. The average molecular weight is 572 g/mol. The highest BCUT2D eigenvalue weighted by Crippen LogP contribution is 2.23. The molecule has 0 spiro atoms. The molecule has 1 heterocycles. The maximum atomic E-state index is 12.6. The number of hydrogen-bond acceptors (Lipinski definition) is 6. The number of hydrogen-bond donors (Lipinski definition) is 3. The Hall–Kier alpha value is -4.22. The predicted molar refractivity (Wildman–Crippen MR) is 147 cm³/mol. The van der Waals surface area contributed by atoms with Gasteiger partial charge in [-0.25, -0.2) is 9.59 Å². The van der Waals surface area contributed by atoms with Crippen LogP contribution in [-0.4, -0.2) is 66.8 Å². The van der Waals surface area contributed by atoms with Crippen LogP contribution in [0.2, 0.25) is 0 Å². The molecule has 218 valence electrons. The molecule has 11 heteroatoms. The largest absolute Gasteiger partial charge is 0.490 e. The van der Waals surface area contributed by atoms with Crippen LogP contribution in [0.4, 0.5) is 13.2 Å². The number of piperazine rings is 1. The maximum absolute atomic E-state index is 12.6. The summed E-state index contributed by atoms with van der Waals surface area (Å²) >= 11 is 0. The molecule has 0 bridgehead atoms. The number of carbonyl (C=O) groups excluding carboxylic acids is 2. The normalized spacial score (nSPS) is 15.3. The summed E-state index contributed by atoms with van der Waals surface area (Å²) in [5.74, 6) is -3.45. The third kappa shape index (κ3) is 9.73. The fourth-order valence-electron chi connectivity index (χ4n) is 4.31. The SMILES string of the molecule is COC(=O)c1cccc(C(=O)NCc2cccc(-c3cccc(CN4CCNC(C)C4)c3)c2)c1.O=C(O)C(F)(F)F. The van der Waals surface area contributed by atoms with Crippen LogP contribution in [0.25, 0.3) is 11.1 Å². The molecule has 1 amide bonds. The van der Waals surface area contributed by atoms with E-state index in [9.17, 15) is 22.8 Å². The number of nitrogens with zero attached hydrogens (tertiary/aromatic N) is 1. The first-order valence-corrected chi connectivity index (χ1v) is 12.9. The van der Waals surface area contributed by atoms with E-state index in [0.717, 1.165) is 37.3 Å².